The van der Waals surface area contributed by atoms with Crippen molar-refractivity contribution < 1.29 is 0 Å². The number of hydrogen-bond donors (Lipinski definition) is 1. The van der Waals surface area contributed by atoms with Crippen LogP contribution in [0.3, 0.4) is 0 Å². The Labute approximate surface area is 98.2 Å². The fraction of sp³-hybridized carbons (Fsp3) is 0.769. The molecule has 3 nitrogen and oxygen atoms in total. The second kappa shape index (κ2) is 5.37. The summed E-state index contributed by atoms with van der Waals surface area (Å²) in [4.78, 5) is 0. The molecule has 0 bridgehead atoms. The topological polar surface area (TPSA) is 29.9 Å². The maximum absolute atomic E-state index is 4.55. The van der Waals surface area contributed by atoms with Crippen LogP contribution in [0.5, 0.6) is 0 Å². The molecular weight excluding hydrogens is 198 g/mol. The fourth-order valence-corrected chi connectivity index (χ4v) is 2.23. The van der Waals surface area contributed by atoms with E-state index in [0.29, 0.717) is 6.04 Å². The van der Waals surface area contributed by atoms with Crippen molar-refractivity contribution in [1.29, 1.82) is 0 Å². The Bertz CT molecular complexity index is 311. The first-order valence-electron chi connectivity index (χ1n) is 6.54. The first-order valence-corrected chi connectivity index (χ1v) is 6.54. The van der Waals surface area contributed by atoms with Crippen LogP contribution in [0.15, 0.2) is 12.3 Å². The molecule has 1 aromatic rings. The predicted molar refractivity (Wildman–Crippen MR) is 67.6 cm³/mol. The smallest absolute Gasteiger partial charge is 0.148 e. The molecule has 1 aliphatic carbocycles. The van der Waals surface area contributed by atoms with Gasteiger partial charge in [-0.25, -0.2) is 0 Å². The van der Waals surface area contributed by atoms with E-state index in [2.05, 4.69) is 41.2 Å². The average Bonchev–Trinajstić information content (AvgIpc) is 2.87. The summed E-state index contributed by atoms with van der Waals surface area (Å²) in [6, 6.07) is 2.76. The van der Waals surface area contributed by atoms with Gasteiger partial charge in [0.1, 0.15) is 5.82 Å². The van der Waals surface area contributed by atoms with Crippen LogP contribution in [0.4, 0.5) is 5.82 Å². The number of aryl methyl sites for hydroxylation is 1. The lowest BCUT2D eigenvalue weighted by Crippen LogP contribution is -2.15. The van der Waals surface area contributed by atoms with Gasteiger partial charge in [0, 0.05) is 24.8 Å². The SMILES string of the molecule is CC(C)CCn1ccc(NC2CCCC2)n1. The van der Waals surface area contributed by atoms with Gasteiger partial charge in [0.25, 0.3) is 0 Å². The molecule has 1 N–H and O–H groups in total. The molecule has 1 heterocycles. The Balaban J connectivity index is 1.81. The van der Waals surface area contributed by atoms with Gasteiger partial charge < -0.3 is 5.32 Å². The van der Waals surface area contributed by atoms with Crippen LogP contribution >= 0.6 is 0 Å². The molecular formula is C13H23N3. The van der Waals surface area contributed by atoms with Crippen LogP contribution in [0.25, 0.3) is 0 Å². The van der Waals surface area contributed by atoms with Crippen molar-refractivity contribution >= 4 is 5.82 Å². The molecule has 0 aliphatic heterocycles. The Hall–Kier alpha value is -0.990. The Morgan fingerprint density at radius 2 is 2.19 bits per heavy atom. The molecule has 0 radical (unpaired) electrons. The van der Waals surface area contributed by atoms with E-state index in [-0.39, 0.29) is 0 Å². The lowest BCUT2D eigenvalue weighted by molar-refractivity contribution is 0.487. The van der Waals surface area contributed by atoms with Gasteiger partial charge in [0.15, 0.2) is 0 Å². The van der Waals surface area contributed by atoms with Gasteiger partial charge in [0.2, 0.25) is 0 Å². The molecule has 16 heavy (non-hydrogen) atoms. The molecule has 0 amide bonds. The minimum atomic E-state index is 0.661. The van der Waals surface area contributed by atoms with E-state index < -0.39 is 0 Å². The number of nitrogens with zero attached hydrogens (tertiary/aromatic N) is 2. The van der Waals surface area contributed by atoms with Crippen molar-refractivity contribution in [1.82, 2.24) is 9.78 Å². The third-order valence-corrected chi connectivity index (χ3v) is 3.28. The summed E-state index contributed by atoms with van der Waals surface area (Å²) in [6.07, 6.45) is 8.62. The summed E-state index contributed by atoms with van der Waals surface area (Å²) in [5, 5.41) is 8.07. The monoisotopic (exact) mass is 221 g/mol. The average molecular weight is 221 g/mol. The van der Waals surface area contributed by atoms with Crippen LogP contribution in [0.2, 0.25) is 0 Å². The molecule has 0 saturated heterocycles. The van der Waals surface area contributed by atoms with Crippen molar-refractivity contribution in [2.75, 3.05) is 5.32 Å². The normalized spacial score (nSPS) is 17.2. The van der Waals surface area contributed by atoms with Crippen LogP contribution < -0.4 is 5.32 Å². The number of nitrogens with one attached hydrogen (secondary N) is 1. The zero-order valence-electron chi connectivity index (χ0n) is 10.4. The Morgan fingerprint density at radius 1 is 1.44 bits per heavy atom. The van der Waals surface area contributed by atoms with E-state index in [0.717, 1.165) is 18.3 Å². The zero-order chi connectivity index (χ0) is 11.4. The molecule has 0 atom stereocenters. The van der Waals surface area contributed by atoms with Gasteiger partial charge in [-0.2, -0.15) is 5.10 Å². The summed E-state index contributed by atoms with van der Waals surface area (Å²) in [5.41, 5.74) is 0. The third-order valence-electron chi connectivity index (χ3n) is 3.28. The first-order chi connectivity index (χ1) is 7.74. The molecule has 0 aromatic carbocycles. The Morgan fingerprint density at radius 3 is 2.88 bits per heavy atom. The van der Waals surface area contributed by atoms with E-state index in [9.17, 15) is 0 Å². The highest BCUT2D eigenvalue weighted by atomic mass is 15.3. The minimum Gasteiger partial charge on any atom is -0.366 e. The van der Waals surface area contributed by atoms with E-state index in [1.807, 2.05) is 0 Å². The molecule has 1 saturated carbocycles. The quantitative estimate of drug-likeness (QED) is 0.827. The van der Waals surface area contributed by atoms with Crippen molar-refractivity contribution in [2.24, 2.45) is 5.92 Å². The number of aromatic nitrogens is 2. The van der Waals surface area contributed by atoms with Gasteiger partial charge in [-0.3, -0.25) is 4.68 Å². The molecule has 1 aliphatic rings. The molecule has 2 rings (SSSR count). The lowest BCUT2D eigenvalue weighted by Gasteiger charge is -2.10. The standard InChI is InChI=1S/C13H23N3/c1-11(2)7-9-16-10-8-13(15-16)14-12-5-3-4-6-12/h8,10-12H,3-7,9H2,1-2H3,(H,14,15). The van der Waals surface area contributed by atoms with Crippen molar-refractivity contribution in [3.63, 3.8) is 0 Å². The van der Waals surface area contributed by atoms with Crippen LogP contribution in [0, 0.1) is 5.92 Å². The number of hydrogen-bond acceptors (Lipinski definition) is 2. The van der Waals surface area contributed by atoms with Crippen molar-refractivity contribution in [3.05, 3.63) is 12.3 Å². The molecule has 0 unspecified atom stereocenters. The maximum Gasteiger partial charge on any atom is 0.148 e. The summed E-state index contributed by atoms with van der Waals surface area (Å²) >= 11 is 0. The lowest BCUT2D eigenvalue weighted by atomic mass is 10.1. The van der Waals surface area contributed by atoms with Gasteiger partial charge in [-0.15, -0.1) is 0 Å². The number of rotatable bonds is 5. The zero-order valence-corrected chi connectivity index (χ0v) is 10.4. The minimum absolute atomic E-state index is 0.661. The molecule has 1 aromatic heterocycles. The van der Waals surface area contributed by atoms with Crippen LogP contribution in [-0.4, -0.2) is 15.8 Å². The highest BCUT2D eigenvalue weighted by Crippen LogP contribution is 2.21. The summed E-state index contributed by atoms with van der Waals surface area (Å²) in [6.45, 7) is 5.53. The number of anilines is 1. The third kappa shape index (κ3) is 3.26. The van der Waals surface area contributed by atoms with Crippen molar-refractivity contribution in [3.8, 4) is 0 Å². The summed E-state index contributed by atoms with van der Waals surface area (Å²) in [7, 11) is 0. The highest BCUT2D eigenvalue weighted by Gasteiger charge is 2.15. The first kappa shape index (κ1) is 11.5. The fourth-order valence-electron chi connectivity index (χ4n) is 2.23. The van der Waals surface area contributed by atoms with E-state index in [1.54, 1.807) is 0 Å². The van der Waals surface area contributed by atoms with Gasteiger partial charge in [0.05, 0.1) is 0 Å². The Kier molecular flexibility index (Phi) is 3.86. The summed E-state index contributed by atoms with van der Waals surface area (Å²) in [5.74, 6) is 1.80. The van der Waals surface area contributed by atoms with Gasteiger partial charge in [-0.1, -0.05) is 26.7 Å². The maximum atomic E-state index is 4.55. The van der Waals surface area contributed by atoms with Crippen molar-refractivity contribution in [2.45, 2.75) is 58.5 Å². The molecule has 1 fully saturated rings. The summed E-state index contributed by atoms with van der Waals surface area (Å²) < 4.78 is 2.05. The van der Waals surface area contributed by atoms with Gasteiger partial charge >= 0.3 is 0 Å². The van der Waals surface area contributed by atoms with E-state index in [1.165, 1.54) is 32.1 Å². The second-order valence-corrected chi connectivity index (χ2v) is 5.27. The van der Waals surface area contributed by atoms with E-state index >= 15 is 0 Å². The molecule has 90 valence electrons. The second-order valence-electron chi connectivity index (χ2n) is 5.27. The van der Waals surface area contributed by atoms with E-state index in [4.69, 9.17) is 0 Å². The highest BCUT2D eigenvalue weighted by molar-refractivity contribution is 5.33. The van der Waals surface area contributed by atoms with Gasteiger partial charge in [-0.05, 0) is 25.2 Å². The molecule has 3 heteroatoms. The van der Waals surface area contributed by atoms with Crippen LogP contribution in [-0.2, 0) is 6.54 Å². The molecule has 0 spiro atoms. The largest absolute Gasteiger partial charge is 0.366 e. The predicted octanol–water partition coefficient (Wildman–Crippen LogP) is 3.28. The van der Waals surface area contributed by atoms with Crippen LogP contribution in [0.1, 0.15) is 46.0 Å².